The van der Waals surface area contributed by atoms with Gasteiger partial charge in [0.2, 0.25) is 9.84 Å². The molecule has 1 aromatic carbocycles. The normalized spacial score (nSPS) is 11.2. The van der Waals surface area contributed by atoms with Crippen LogP contribution < -0.4 is 0 Å². The lowest BCUT2D eigenvalue weighted by atomic mass is 10.2. The van der Waals surface area contributed by atoms with Gasteiger partial charge in [0.05, 0.1) is 4.90 Å². The van der Waals surface area contributed by atoms with Crippen LogP contribution in [0.5, 0.6) is 0 Å². The van der Waals surface area contributed by atoms with Crippen LogP contribution in [0.25, 0.3) is 0 Å². The van der Waals surface area contributed by atoms with Crippen molar-refractivity contribution in [1.82, 2.24) is 0 Å². The van der Waals surface area contributed by atoms with Crippen LogP contribution in [0.2, 0.25) is 0 Å². The molecule has 0 aliphatic carbocycles. The van der Waals surface area contributed by atoms with Crippen molar-refractivity contribution in [3.05, 3.63) is 29.8 Å². The molecule has 0 saturated heterocycles. The molecular weight excluding hydrogens is 192 g/mol. The zero-order valence-corrected chi connectivity index (χ0v) is 7.49. The zero-order valence-electron chi connectivity index (χ0n) is 6.67. The number of rotatable bonds is 3. The van der Waals surface area contributed by atoms with E-state index < -0.39 is 15.8 Å². The Labute approximate surface area is 75.7 Å². The van der Waals surface area contributed by atoms with Gasteiger partial charge in [-0.15, -0.1) is 0 Å². The molecule has 0 atom stereocenters. The fraction of sp³-hybridized carbons (Fsp3) is 0.125. The molecule has 0 aliphatic rings. The smallest absolute Gasteiger partial charge is 0.202 e. The number of sulfone groups is 1. The summed E-state index contributed by atoms with van der Waals surface area (Å²) in [6.45, 7) is 0. The number of benzene rings is 1. The first-order valence-corrected chi connectivity index (χ1v) is 5.15. The average molecular weight is 200 g/mol. The van der Waals surface area contributed by atoms with Crippen LogP contribution in [0.1, 0.15) is 10.4 Å². The molecule has 70 valence electrons. The van der Waals surface area contributed by atoms with E-state index in [-0.39, 0.29) is 10.5 Å². The lowest BCUT2D eigenvalue weighted by Crippen LogP contribution is -2.08. The maximum Gasteiger partial charge on any atom is 0.202 e. The van der Waals surface area contributed by atoms with Crippen molar-refractivity contribution in [3.8, 4) is 0 Å². The third kappa shape index (κ3) is 1.93. The molecular formula is C8H8O4S. The number of carbonyl (C=O) groups is 1. The van der Waals surface area contributed by atoms with Gasteiger partial charge in [-0.25, -0.2) is 8.42 Å². The number of carbonyl (C=O) groups excluding carboxylic acids is 1. The fourth-order valence-electron chi connectivity index (χ4n) is 0.931. The summed E-state index contributed by atoms with van der Waals surface area (Å²) in [5, 5.41) is 8.56. The van der Waals surface area contributed by atoms with Gasteiger partial charge in [-0.2, -0.15) is 0 Å². The molecule has 5 heteroatoms. The second kappa shape index (κ2) is 3.68. The highest BCUT2D eigenvalue weighted by Gasteiger charge is 2.15. The van der Waals surface area contributed by atoms with Gasteiger partial charge in [-0.05, 0) is 6.07 Å². The molecule has 0 amide bonds. The van der Waals surface area contributed by atoms with Crippen molar-refractivity contribution in [1.29, 1.82) is 0 Å². The largest absolute Gasteiger partial charge is 0.380 e. The summed E-state index contributed by atoms with van der Waals surface area (Å²) in [4.78, 5) is 10.3. The summed E-state index contributed by atoms with van der Waals surface area (Å²) in [7, 11) is -3.72. The molecule has 1 aromatic rings. The van der Waals surface area contributed by atoms with Crippen LogP contribution in [0.4, 0.5) is 0 Å². The number of aliphatic hydroxyl groups excluding tert-OH is 1. The molecule has 0 aromatic heterocycles. The topological polar surface area (TPSA) is 71.4 Å². The van der Waals surface area contributed by atoms with Crippen molar-refractivity contribution < 1.29 is 18.3 Å². The fourth-order valence-corrected chi connectivity index (χ4v) is 1.83. The van der Waals surface area contributed by atoms with Crippen LogP contribution in [0, 0.1) is 0 Å². The van der Waals surface area contributed by atoms with Crippen molar-refractivity contribution in [2.24, 2.45) is 0 Å². The number of aldehydes is 1. The highest BCUT2D eigenvalue weighted by atomic mass is 32.2. The van der Waals surface area contributed by atoms with Gasteiger partial charge >= 0.3 is 0 Å². The Morgan fingerprint density at radius 3 is 2.46 bits per heavy atom. The van der Waals surface area contributed by atoms with Crippen molar-refractivity contribution >= 4 is 16.1 Å². The molecule has 1 rings (SSSR count). The maximum absolute atomic E-state index is 11.2. The van der Waals surface area contributed by atoms with E-state index in [0.717, 1.165) is 0 Å². The van der Waals surface area contributed by atoms with Gasteiger partial charge in [0.25, 0.3) is 0 Å². The molecule has 0 spiro atoms. The molecule has 0 unspecified atom stereocenters. The van der Waals surface area contributed by atoms with Gasteiger partial charge in [-0.1, -0.05) is 18.2 Å². The third-order valence-corrected chi connectivity index (χ3v) is 2.93. The molecule has 0 radical (unpaired) electrons. The highest BCUT2D eigenvalue weighted by Crippen LogP contribution is 2.14. The molecule has 13 heavy (non-hydrogen) atoms. The van der Waals surface area contributed by atoms with E-state index >= 15 is 0 Å². The van der Waals surface area contributed by atoms with Gasteiger partial charge in [-0.3, -0.25) is 4.79 Å². The van der Waals surface area contributed by atoms with Crippen molar-refractivity contribution in [3.63, 3.8) is 0 Å². The summed E-state index contributed by atoms with van der Waals surface area (Å²) in [5.74, 6) is -0.988. The standard InChI is InChI=1S/C8H8O4S/c9-5-7-3-1-2-4-8(7)13(11,12)6-10/h1-5,10H,6H2. The molecule has 0 bridgehead atoms. The van der Waals surface area contributed by atoms with Crippen LogP contribution in [-0.4, -0.2) is 25.7 Å². The van der Waals surface area contributed by atoms with Gasteiger partial charge in [0.1, 0.15) is 5.94 Å². The maximum atomic E-state index is 11.2. The Bertz CT molecular complexity index is 408. The molecule has 1 N–H and O–H groups in total. The minimum absolute atomic E-state index is 0.0663. The van der Waals surface area contributed by atoms with Gasteiger partial charge < -0.3 is 5.11 Å². The summed E-state index contributed by atoms with van der Waals surface area (Å²) in [6.07, 6.45) is 0.447. The second-order valence-corrected chi connectivity index (χ2v) is 4.33. The van der Waals surface area contributed by atoms with Crippen LogP contribution >= 0.6 is 0 Å². The van der Waals surface area contributed by atoms with Crippen LogP contribution in [0.3, 0.4) is 0 Å². The predicted molar refractivity (Wildman–Crippen MR) is 46.1 cm³/mol. The van der Waals surface area contributed by atoms with E-state index in [1.807, 2.05) is 0 Å². The summed E-state index contributed by atoms with van der Waals surface area (Å²) in [5.41, 5.74) is 0.0663. The first-order chi connectivity index (χ1) is 6.11. The minimum Gasteiger partial charge on any atom is -0.380 e. The van der Waals surface area contributed by atoms with Gasteiger partial charge in [0.15, 0.2) is 6.29 Å². The zero-order chi connectivity index (χ0) is 9.90. The molecule has 0 aliphatic heterocycles. The molecule has 0 heterocycles. The Morgan fingerprint density at radius 1 is 1.31 bits per heavy atom. The summed E-state index contributed by atoms with van der Waals surface area (Å²) in [6, 6.07) is 5.72. The Morgan fingerprint density at radius 2 is 1.92 bits per heavy atom. The number of hydrogen-bond acceptors (Lipinski definition) is 4. The second-order valence-electron chi connectivity index (χ2n) is 2.40. The first kappa shape index (κ1) is 9.88. The first-order valence-electron chi connectivity index (χ1n) is 3.49. The monoisotopic (exact) mass is 200 g/mol. The minimum atomic E-state index is -3.72. The lowest BCUT2D eigenvalue weighted by Gasteiger charge is -2.02. The highest BCUT2D eigenvalue weighted by molar-refractivity contribution is 7.91. The third-order valence-electron chi connectivity index (χ3n) is 1.55. The lowest BCUT2D eigenvalue weighted by molar-refractivity contribution is 0.112. The molecule has 0 saturated carbocycles. The summed E-state index contributed by atoms with van der Waals surface area (Å²) < 4.78 is 22.3. The van der Waals surface area contributed by atoms with Crippen LogP contribution in [0.15, 0.2) is 29.2 Å². The van der Waals surface area contributed by atoms with E-state index in [1.165, 1.54) is 18.2 Å². The number of aliphatic hydroxyl groups is 1. The van der Waals surface area contributed by atoms with Crippen LogP contribution in [-0.2, 0) is 9.84 Å². The van der Waals surface area contributed by atoms with Gasteiger partial charge in [0, 0.05) is 5.56 Å². The Balaban J connectivity index is 3.37. The quantitative estimate of drug-likeness (QED) is 0.708. The predicted octanol–water partition coefficient (Wildman–Crippen LogP) is 0.223. The average Bonchev–Trinajstić information content (AvgIpc) is 2.18. The number of hydrogen-bond donors (Lipinski definition) is 1. The van der Waals surface area contributed by atoms with E-state index in [1.54, 1.807) is 6.07 Å². The van der Waals surface area contributed by atoms with E-state index in [4.69, 9.17) is 5.11 Å². The van der Waals surface area contributed by atoms with E-state index in [2.05, 4.69) is 0 Å². The van der Waals surface area contributed by atoms with Crippen molar-refractivity contribution in [2.75, 3.05) is 5.94 Å². The van der Waals surface area contributed by atoms with E-state index in [9.17, 15) is 13.2 Å². The summed E-state index contributed by atoms with van der Waals surface area (Å²) >= 11 is 0. The van der Waals surface area contributed by atoms with Crippen molar-refractivity contribution in [2.45, 2.75) is 4.90 Å². The Hall–Kier alpha value is -1.20. The van der Waals surface area contributed by atoms with E-state index in [0.29, 0.717) is 6.29 Å². The molecule has 4 nitrogen and oxygen atoms in total. The SMILES string of the molecule is O=Cc1ccccc1S(=O)(=O)CO. The molecule has 0 fully saturated rings. The Kier molecular flexibility index (Phi) is 2.79.